The van der Waals surface area contributed by atoms with E-state index in [1.807, 2.05) is 32.0 Å². The highest BCUT2D eigenvalue weighted by molar-refractivity contribution is 6.04. The standard InChI is InChI=1S/C20H19FN4O/c1-13-7-14(2)9-17(8-13)25-19(26)16-11-23-20(24-12-16)22-10-15-5-3-4-6-18(15)21/h3-9,11-12H,10H2,1-2H3,(H,25,26)(H,22,23,24). The lowest BCUT2D eigenvalue weighted by Crippen LogP contribution is -2.13. The van der Waals surface area contributed by atoms with Crippen molar-refractivity contribution in [2.24, 2.45) is 0 Å². The Balaban J connectivity index is 1.63. The van der Waals surface area contributed by atoms with E-state index in [1.54, 1.807) is 18.2 Å². The summed E-state index contributed by atoms with van der Waals surface area (Å²) in [4.78, 5) is 20.5. The molecule has 0 fully saturated rings. The van der Waals surface area contributed by atoms with Crippen LogP contribution in [0.4, 0.5) is 16.0 Å². The number of nitrogens with zero attached hydrogens (tertiary/aromatic N) is 2. The zero-order valence-corrected chi connectivity index (χ0v) is 14.6. The Labute approximate surface area is 151 Å². The van der Waals surface area contributed by atoms with E-state index in [1.165, 1.54) is 18.5 Å². The maximum absolute atomic E-state index is 13.6. The van der Waals surface area contributed by atoms with Crippen LogP contribution in [0.5, 0.6) is 0 Å². The highest BCUT2D eigenvalue weighted by atomic mass is 19.1. The third-order valence-corrected chi connectivity index (χ3v) is 3.79. The fraction of sp³-hybridized carbons (Fsp3) is 0.150. The monoisotopic (exact) mass is 350 g/mol. The van der Waals surface area contributed by atoms with Gasteiger partial charge in [0.15, 0.2) is 0 Å². The molecule has 0 aliphatic rings. The van der Waals surface area contributed by atoms with Gasteiger partial charge in [0.05, 0.1) is 5.56 Å². The molecule has 0 spiro atoms. The third-order valence-electron chi connectivity index (χ3n) is 3.79. The Morgan fingerprint density at radius 3 is 2.35 bits per heavy atom. The van der Waals surface area contributed by atoms with Gasteiger partial charge in [0.2, 0.25) is 5.95 Å². The minimum Gasteiger partial charge on any atom is -0.350 e. The summed E-state index contributed by atoms with van der Waals surface area (Å²) in [5.74, 6) is -0.240. The van der Waals surface area contributed by atoms with E-state index < -0.39 is 0 Å². The van der Waals surface area contributed by atoms with Crippen LogP contribution in [0.2, 0.25) is 0 Å². The first-order valence-corrected chi connectivity index (χ1v) is 8.20. The quantitative estimate of drug-likeness (QED) is 0.727. The van der Waals surface area contributed by atoms with Crippen LogP contribution in [-0.2, 0) is 6.54 Å². The maximum Gasteiger partial charge on any atom is 0.258 e. The molecule has 5 nitrogen and oxygen atoms in total. The second-order valence-corrected chi connectivity index (χ2v) is 6.07. The van der Waals surface area contributed by atoms with Gasteiger partial charge in [-0.05, 0) is 43.2 Å². The molecule has 0 unspecified atom stereocenters. The molecule has 6 heteroatoms. The SMILES string of the molecule is Cc1cc(C)cc(NC(=O)c2cnc(NCc3ccccc3F)nc2)c1. The van der Waals surface area contributed by atoms with Gasteiger partial charge in [0, 0.05) is 30.2 Å². The van der Waals surface area contributed by atoms with Crippen LogP contribution >= 0.6 is 0 Å². The van der Waals surface area contributed by atoms with Crippen LogP contribution in [-0.4, -0.2) is 15.9 Å². The van der Waals surface area contributed by atoms with Gasteiger partial charge >= 0.3 is 0 Å². The average molecular weight is 350 g/mol. The summed E-state index contributed by atoms with van der Waals surface area (Å²) in [7, 11) is 0. The van der Waals surface area contributed by atoms with Crippen molar-refractivity contribution in [1.29, 1.82) is 0 Å². The van der Waals surface area contributed by atoms with Gasteiger partial charge in [0.25, 0.3) is 5.91 Å². The average Bonchev–Trinajstić information content (AvgIpc) is 2.60. The molecule has 0 radical (unpaired) electrons. The zero-order valence-electron chi connectivity index (χ0n) is 14.6. The first-order valence-electron chi connectivity index (χ1n) is 8.20. The summed E-state index contributed by atoms with van der Waals surface area (Å²) in [6.45, 7) is 4.21. The summed E-state index contributed by atoms with van der Waals surface area (Å²) < 4.78 is 13.6. The fourth-order valence-corrected chi connectivity index (χ4v) is 2.60. The van der Waals surface area contributed by atoms with Crippen molar-refractivity contribution in [3.63, 3.8) is 0 Å². The molecular formula is C20H19FN4O. The predicted molar refractivity (Wildman–Crippen MR) is 99.6 cm³/mol. The Hall–Kier alpha value is -3.28. The van der Waals surface area contributed by atoms with E-state index in [2.05, 4.69) is 20.6 Å². The molecule has 0 aliphatic heterocycles. The summed E-state index contributed by atoms with van der Waals surface area (Å²) in [6.07, 6.45) is 2.88. The van der Waals surface area contributed by atoms with Crippen LogP contribution in [0.3, 0.4) is 0 Å². The molecule has 2 aromatic carbocycles. The molecule has 26 heavy (non-hydrogen) atoms. The molecule has 1 heterocycles. The number of hydrogen-bond donors (Lipinski definition) is 2. The largest absolute Gasteiger partial charge is 0.350 e. The lowest BCUT2D eigenvalue weighted by molar-refractivity contribution is 0.102. The first-order chi connectivity index (χ1) is 12.5. The smallest absolute Gasteiger partial charge is 0.258 e. The molecule has 0 aliphatic carbocycles. The van der Waals surface area contributed by atoms with Crippen molar-refractivity contribution in [3.05, 3.63) is 82.9 Å². The molecule has 0 bridgehead atoms. The fourth-order valence-electron chi connectivity index (χ4n) is 2.60. The Morgan fingerprint density at radius 1 is 1.04 bits per heavy atom. The summed E-state index contributed by atoms with van der Waals surface area (Å²) in [5.41, 5.74) is 3.75. The van der Waals surface area contributed by atoms with Crippen LogP contribution < -0.4 is 10.6 Å². The van der Waals surface area contributed by atoms with Gasteiger partial charge in [-0.2, -0.15) is 0 Å². The zero-order chi connectivity index (χ0) is 18.5. The Bertz CT molecular complexity index is 905. The third kappa shape index (κ3) is 4.42. The van der Waals surface area contributed by atoms with Crippen molar-refractivity contribution in [2.75, 3.05) is 10.6 Å². The second-order valence-electron chi connectivity index (χ2n) is 6.07. The predicted octanol–water partition coefficient (Wildman–Crippen LogP) is 4.10. The summed E-state index contributed by atoms with van der Waals surface area (Å²) >= 11 is 0. The number of hydrogen-bond acceptors (Lipinski definition) is 4. The number of nitrogens with one attached hydrogen (secondary N) is 2. The summed E-state index contributed by atoms with van der Waals surface area (Å²) in [6, 6.07) is 12.3. The van der Waals surface area contributed by atoms with Gasteiger partial charge in [-0.3, -0.25) is 4.79 Å². The van der Waals surface area contributed by atoms with E-state index in [9.17, 15) is 9.18 Å². The van der Waals surface area contributed by atoms with Gasteiger partial charge in [-0.25, -0.2) is 14.4 Å². The number of rotatable bonds is 5. The number of benzene rings is 2. The van der Waals surface area contributed by atoms with E-state index in [-0.39, 0.29) is 18.3 Å². The van der Waals surface area contributed by atoms with Crippen LogP contribution in [0.1, 0.15) is 27.0 Å². The number of halogens is 1. The number of aromatic nitrogens is 2. The highest BCUT2D eigenvalue weighted by Crippen LogP contribution is 2.15. The van der Waals surface area contributed by atoms with Crippen molar-refractivity contribution in [3.8, 4) is 0 Å². The normalized spacial score (nSPS) is 10.4. The van der Waals surface area contributed by atoms with E-state index >= 15 is 0 Å². The number of carbonyl (C=O) groups is 1. The molecule has 2 N–H and O–H groups in total. The lowest BCUT2D eigenvalue weighted by Gasteiger charge is -2.08. The van der Waals surface area contributed by atoms with E-state index in [0.29, 0.717) is 17.1 Å². The van der Waals surface area contributed by atoms with E-state index in [4.69, 9.17) is 0 Å². The number of carbonyl (C=O) groups excluding carboxylic acids is 1. The maximum atomic E-state index is 13.6. The molecule has 0 saturated carbocycles. The second kappa shape index (κ2) is 7.74. The topological polar surface area (TPSA) is 66.9 Å². The van der Waals surface area contributed by atoms with Gasteiger partial charge < -0.3 is 10.6 Å². The molecule has 0 atom stereocenters. The summed E-state index contributed by atoms with van der Waals surface area (Å²) in [5, 5.41) is 5.77. The van der Waals surface area contributed by atoms with Gasteiger partial charge in [0.1, 0.15) is 5.82 Å². The minimum absolute atomic E-state index is 0.265. The minimum atomic E-state index is -0.288. The van der Waals surface area contributed by atoms with Crippen molar-refractivity contribution >= 4 is 17.5 Å². The lowest BCUT2D eigenvalue weighted by atomic mass is 10.1. The first kappa shape index (κ1) is 17.5. The number of anilines is 2. The number of amides is 1. The van der Waals surface area contributed by atoms with Gasteiger partial charge in [-0.1, -0.05) is 24.3 Å². The molecule has 1 amide bonds. The van der Waals surface area contributed by atoms with E-state index in [0.717, 1.165) is 16.8 Å². The Kier molecular flexibility index (Phi) is 5.22. The van der Waals surface area contributed by atoms with Crippen molar-refractivity contribution < 1.29 is 9.18 Å². The van der Waals surface area contributed by atoms with Crippen LogP contribution in [0.15, 0.2) is 54.9 Å². The van der Waals surface area contributed by atoms with Crippen LogP contribution in [0, 0.1) is 19.7 Å². The molecule has 3 aromatic rings. The molecule has 0 saturated heterocycles. The van der Waals surface area contributed by atoms with Crippen molar-refractivity contribution in [1.82, 2.24) is 9.97 Å². The molecular weight excluding hydrogens is 331 g/mol. The van der Waals surface area contributed by atoms with Gasteiger partial charge in [-0.15, -0.1) is 0 Å². The van der Waals surface area contributed by atoms with Crippen LogP contribution in [0.25, 0.3) is 0 Å². The molecule has 1 aromatic heterocycles. The molecule has 3 rings (SSSR count). The number of aryl methyl sites for hydroxylation is 2. The Morgan fingerprint density at radius 2 is 1.69 bits per heavy atom. The molecule has 132 valence electrons. The highest BCUT2D eigenvalue weighted by Gasteiger charge is 2.09. The van der Waals surface area contributed by atoms with Crippen molar-refractivity contribution in [2.45, 2.75) is 20.4 Å².